The van der Waals surface area contributed by atoms with Crippen LogP contribution in [0.3, 0.4) is 0 Å². The van der Waals surface area contributed by atoms with Crippen LogP contribution in [0.15, 0.2) is 90.1 Å². The summed E-state index contributed by atoms with van der Waals surface area (Å²) in [6.07, 6.45) is 5.97. The van der Waals surface area contributed by atoms with Crippen molar-refractivity contribution >= 4 is 11.6 Å². The van der Waals surface area contributed by atoms with Gasteiger partial charge in [-0.15, -0.1) is 6.58 Å². The van der Waals surface area contributed by atoms with E-state index in [-0.39, 0.29) is 18.3 Å². The molecular weight excluding hydrogens is 402 g/mol. The molecule has 1 N–H and O–H groups in total. The number of anilines is 1. The van der Waals surface area contributed by atoms with Crippen LogP contribution in [0.2, 0.25) is 0 Å². The number of hydrogen-bond donors (Lipinski definition) is 1. The van der Waals surface area contributed by atoms with Gasteiger partial charge in [-0.25, -0.2) is 0 Å². The van der Waals surface area contributed by atoms with Crippen molar-refractivity contribution in [3.63, 3.8) is 0 Å². The predicted molar refractivity (Wildman–Crippen MR) is 124 cm³/mol. The van der Waals surface area contributed by atoms with Crippen LogP contribution in [0, 0.1) is 6.92 Å². The first kappa shape index (κ1) is 21.2. The van der Waals surface area contributed by atoms with Crippen LogP contribution in [-0.4, -0.2) is 15.7 Å². The lowest BCUT2D eigenvalue weighted by Crippen LogP contribution is -2.10. The highest BCUT2D eigenvalue weighted by atomic mass is 16.5. The van der Waals surface area contributed by atoms with Gasteiger partial charge in [0.25, 0.3) is 5.91 Å². The molecule has 0 aliphatic rings. The third kappa shape index (κ3) is 5.35. The Morgan fingerprint density at radius 2 is 1.97 bits per heavy atom. The Morgan fingerprint density at radius 1 is 1.16 bits per heavy atom. The van der Waals surface area contributed by atoms with Crippen molar-refractivity contribution in [2.45, 2.75) is 26.5 Å². The summed E-state index contributed by atoms with van der Waals surface area (Å²) in [5, 5.41) is 7.14. The van der Waals surface area contributed by atoms with Gasteiger partial charge in [-0.05, 0) is 42.7 Å². The fourth-order valence-electron chi connectivity index (χ4n) is 3.28. The summed E-state index contributed by atoms with van der Waals surface area (Å²) in [5.41, 5.74) is 4.01. The zero-order valence-corrected chi connectivity index (χ0v) is 18.0. The molecule has 32 heavy (non-hydrogen) atoms. The Hall–Kier alpha value is -4.06. The van der Waals surface area contributed by atoms with E-state index in [1.165, 1.54) is 5.56 Å². The molecule has 0 fully saturated rings. The van der Waals surface area contributed by atoms with Crippen molar-refractivity contribution in [1.82, 2.24) is 9.78 Å². The predicted octanol–water partition coefficient (Wildman–Crippen LogP) is 5.39. The maximum Gasteiger partial charge on any atom is 0.291 e. The van der Waals surface area contributed by atoms with Gasteiger partial charge in [0, 0.05) is 6.20 Å². The fraction of sp³-hybridized carbons (Fsp3) is 0.154. The third-order valence-corrected chi connectivity index (χ3v) is 4.95. The molecule has 0 unspecified atom stereocenters. The lowest BCUT2D eigenvalue weighted by atomic mass is 10.1. The molecule has 0 saturated carbocycles. The number of furan rings is 1. The summed E-state index contributed by atoms with van der Waals surface area (Å²) in [6.45, 7) is 6.69. The number of rotatable bonds is 9. The minimum atomic E-state index is -0.335. The maximum atomic E-state index is 12.6. The third-order valence-electron chi connectivity index (χ3n) is 4.95. The second-order valence-corrected chi connectivity index (χ2v) is 7.52. The zero-order valence-electron chi connectivity index (χ0n) is 18.0. The normalized spacial score (nSPS) is 10.7. The van der Waals surface area contributed by atoms with Crippen LogP contribution in [0.5, 0.6) is 5.75 Å². The summed E-state index contributed by atoms with van der Waals surface area (Å²) in [6, 6.07) is 19.4. The molecule has 0 aliphatic heterocycles. The fourth-order valence-corrected chi connectivity index (χ4v) is 3.28. The number of amides is 1. The molecule has 2 aromatic heterocycles. The van der Waals surface area contributed by atoms with Gasteiger partial charge in [-0.2, -0.15) is 5.10 Å². The van der Waals surface area contributed by atoms with E-state index < -0.39 is 0 Å². The van der Waals surface area contributed by atoms with Crippen molar-refractivity contribution in [3.8, 4) is 5.75 Å². The Morgan fingerprint density at radius 3 is 2.78 bits per heavy atom. The second-order valence-electron chi connectivity index (χ2n) is 7.52. The molecule has 162 valence electrons. The highest BCUT2D eigenvalue weighted by Gasteiger charge is 2.13. The number of ether oxygens (including phenoxy) is 1. The van der Waals surface area contributed by atoms with E-state index in [0.717, 1.165) is 23.3 Å². The lowest BCUT2D eigenvalue weighted by molar-refractivity contribution is 0.0992. The van der Waals surface area contributed by atoms with Crippen LogP contribution in [-0.2, 0) is 19.6 Å². The van der Waals surface area contributed by atoms with Crippen molar-refractivity contribution in [3.05, 3.63) is 114 Å². The molecule has 0 saturated heterocycles. The Bertz CT molecular complexity index is 1210. The molecule has 4 rings (SSSR count). The molecule has 4 aromatic rings. The molecule has 0 radical (unpaired) electrons. The number of nitrogens with one attached hydrogen (secondary N) is 1. The number of aromatic nitrogens is 2. The lowest BCUT2D eigenvalue weighted by Gasteiger charge is -2.08. The molecule has 0 bridgehead atoms. The van der Waals surface area contributed by atoms with E-state index in [4.69, 9.17) is 9.15 Å². The molecular formula is C26H25N3O3. The van der Waals surface area contributed by atoms with E-state index in [9.17, 15) is 4.79 Å². The first-order chi connectivity index (χ1) is 15.6. The molecule has 1 amide bonds. The summed E-state index contributed by atoms with van der Waals surface area (Å²) in [7, 11) is 0. The molecule has 2 heterocycles. The van der Waals surface area contributed by atoms with E-state index in [1.54, 1.807) is 29.2 Å². The van der Waals surface area contributed by atoms with Crippen LogP contribution >= 0.6 is 0 Å². The van der Waals surface area contributed by atoms with Crippen LogP contribution in [0.4, 0.5) is 5.69 Å². The number of carbonyl (C=O) groups excluding carboxylic acids is 1. The number of para-hydroxylation sites is 1. The van der Waals surface area contributed by atoms with Gasteiger partial charge in [-0.3, -0.25) is 9.48 Å². The summed E-state index contributed by atoms with van der Waals surface area (Å²) >= 11 is 0. The number of aryl methyl sites for hydroxylation is 1. The van der Waals surface area contributed by atoms with Crippen LogP contribution in [0.25, 0.3) is 0 Å². The Kier molecular flexibility index (Phi) is 6.51. The van der Waals surface area contributed by atoms with E-state index in [0.29, 0.717) is 18.0 Å². The number of benzene rings is 2. The SMILES string of the molecule is C=CCc1ccccc1OCc1ccc(C(=O)Nc2cnn(Cc3ccc(C)cc3)c2)o1. The minimum absolute atomic E-state index is 0.217. The number of carbonyl (C=O) groups is 1. The van der Waals surface area contributed by atoms with Crippen molar-refractivity contribution in [1.29, 1.82) is 0 Å². The first-order valence-corrected chi connectivity index (χ1v) is 10.4. The van der Waals surface area contributed by atoms with Gasteiger partial charge in [0.2, 0.25) is 0 Å². The highest BCUT2D eigenvalue weighted by molar-refractivity contribution is 6.02. The van der Waals surface area contributed by atoms with Gasteiger partial charge in [-0.1, -0.05) is 54.1 Å². The second kappa shape index (κ2) is 9.83. The van der Waals surface area contributed by atoms with Crippen LogP contribution in [0.1, 0.15) is 33.0 Å². The topological polar surface area (TPSA) is 69.3 Å². The average Bonchev–Trinajstić information content (AvgIpc) is 3.45. The smallest absolute Gasteiger partial charge is 0.291 e. The zero-order chi connectivity index (χ0) is 22.3. The van der Waals surface area contributed by atoms with Gasteiger partial charge in [0.15, 0.2) is 5.76 Å². The van der Waals surface area contributed by atoms with Gasteiger partial charge in [0.1, 0.15) is 18.1 Å². The molecule has 2 aromatic carbocycles. The number of hydrogen-bond acceptors (Lipinski definition) is 4. The summed E-state index contributed by atoms with van der Waals surface area (Å²) in [4.78, 5) is 12.6. The number of nitrogens with zero attached hydrogens (tertiary/aromatic N) is 2. The van der Waals surface area contributed by atoms with Crippen molar-refractivity contribution in [2.24, 2.45) is 0 Å². The maximum absolute atomic E-state index is 12.6. The number of allylic oxidation sites excluding steroid dienone is 1. The largest absolute Gasteiger partial charge is 0.485 e. The minimum Gasteiger partial charge on any atom is -0.485 e. The molecule has 6 heteroatoms. The van der Waals surface area contributed by atoms with Gasteiger partial charge >= 0.3 is 0 Å². The molecule has 6 nitrogen and oxygen atoms in total. The van der Waals surface area contributed by atoms with E-state index >= 15 is 0 Å². The molecule has 0 atom stereocenters. The standard InChI is InChI=1S/C26H25N3O3/c1-3-6-21-7-4-5-8-24(21)31-18-23-13-14-25(32-23)26(30)28-22-15-27-29(17-22)16-20-11-9-19(2)10-12-20/h3-5,7-15,17H,1,6,16,18H2,2H3,(H,28,30). The monoisotopic (exact) mass is 427 g/mol. The van der Waals surface area contributed by atoms with Crippen molar-refractivity contribution < 1.29 is 13.9 Å². The first-order valence-electron chi connectivity index (χ1n) is 10.4. The summed E-state index contributed by atoms with van der Waals surface area (Å²) < 4.78 is 13.3. The van der Waals surface area contributed by atoms with E-state index in [1.807, 2.05) is 30.3 Å². The molecule has 0 spiro atoms. The highest BCUT2D eigenvalue weighted by Crippen LogP contribution is 2.21. The Balaban J connectivity index is 1.33. The van der Waals surface area contributed by atoms with Gasteiger partial charge in [0.05, 0.1) is 18.4 Å². The molecule has 0 aliphatic carbocycles. The van der Waals surface area contributed by atoms with Crippen LogP contribution < -0.4 is 10.1 Å². The quantitative estimate of drug-likeness (QED) is 0.364. The van der Waals surface area contributed by atoms with Crippen molar-refractivity contribution in [2.75, 3.05) is 5.32 Å². The van der Waals surface area contributed by atoms with E-state index in [2.05, 4.69) is 48.2 Å². The van der Waals surface area contributed by atoms with Gasteiger partial charge < -0.3 is 14.5 Å². The Labute approximate surface area is 187 Å². The summed E-state index contributed by atoms with van der Waals surface area (Å²) in [5.74, 6) is 1.22. The average molecular weight is 428 g/mol.